The lowest BCUT2D eigenvalue weighted by Crippen LogP contribution is -2.32. The zero-order chi connectivity index (χ0) is 22.9. The Morgan fingerprint density at radius 1 is 0.848 bits per heavy atom. The summed E-state index contributed by atoms with van der Waals surface area (Å²) in [5, 5.41) is 5.14. The molecule has 168 valence electrons. The molecular formula is C26H26N4O2S. The number of carbonyl (C=O) groups excluding carboxylic acids is 2. The van der Waals surface area contributed by atoms with Gasteiger partial charge in [0.15, 0.2) is 0 Å². The van der Waals surface area contributed by atoms with E-state index in [0.717, 1.165) is 35.0 Å². The van der Waals surface area contributed by atoms with Crippen LogP contribution in [-0.2, 0) is 9.59 Å². The standard InChI is InChI=1S/C26H26N4O2S/c1-28(2)19-9-7-18(8-10-19)27-24-23(22-6-5-17-33-22)25(31)30(26(24)32)21-13-11-20(12-14-21)29-15-3-4-16-29/h5-14,17,27H,3-4,15-16H2,1-2H3. The SMILES string of the molecule is CN(C)c1ccc(NC2=C(c3cccs3)C(=O)N(c3ccc(N4CCCC4)cc3)C2=O)cc1. The molecule has 2 aromatic carbocycles. The van der Waals surface area contributed by atoms with Crippen molar-refractivity contribution in [1.29, 1.82) is 0 Å². The van der Waals surface area contributed by atoms with E-state index in [1.807, 2.05) is 85.0 Å². The second-order valence-electron chi connectivity index (χ2n) is 8.45. The van der Waals surface area contributed by atoms with Crippen LogP contribution in [-0.4, -0.2) is 39.0 Å². The van der Waals surface area contributed by atoms with Crippen molar-refractivity contribution >= 4 is 51.5 Å². The van der Waals surface area contributed by atoms with Crippen LogP contribution in [0.15, 0.2) is 71.7 Å². The van der Waals surface area contributed by atoms with Crippen LogP contribution in [0.2, 0.25) is 0 Å². The highest BCUT2D eigenvalue weighted by molar-refractivity contribution is 7.11. The highest BCUT2D eigenvalue weighted by Crippen LogP contribution is 2.36. The van der Waals surface area contributed by atoms with Crippen LogP contribution in [0.25, 0.3) is 5.57 Å². The van der Waals surface area contributed by atoms with E-state index >= 15 is 0 Å². The Morgan fingerprint density at radius 2 is 1.52 bits per heavy atom. The monoisotopic (exact) mass is 458 g/mol. The Morgan fingerprint density at radius 3 is 2.12 bits per heavy atom. The summed E-state index contributed by atoms with van der Waals surface area (Å²) >= 11 is 1.45. The number of thiophene rings is 1. The lowest BCUT2D eigenvalue weighted by molar-refractivity contribution is -0.120. The highest BCUT2D eigenvalue weighted by atomic mass is 32.1. The number of carbonyl (C=O) groups is 2. The highest BCUT2D eigenvalue weighted by Gasteiger charge is 2.40. The Balaban J connectivity index is 1.47. The molecule has 2 aliphatic heterocycles. The van der Waals surface area contributed by atoms with Gasteiger partial charge in [-0.25, -0.2) is 4.90 Å². The molecule has 7 heteroatoms. The van der Waals surface area contributed by atoms with Crippen LogP contribution in [0.1, 0.15) is 17.7 Å². The lowest BCUT2D eigenvalue weighted by Gasteiger charge is -2.20. The molecule has 1 fully saturated rings. The Kier molecular flexibility index (Phi) is 5.64. The summed E-state index contributed by atoms with van der Waals surface area (Å²) in [5.74, 6) is -0.641. The number of anilines is 4. The van der Waals surface area contributed by atoms with Gasteiger partial charge in [0.2, 0.25) is 0 Å². The van der Waals surface area contributed by atoms with Crippen LogP contribution in [0, 0.1) is 0 Å². The Bertz CT molecular complexity index is 1190. The van der Waals surface area contributed by atoms with Crippen LogP contribution in [0.3, 0.4) is 0 Å². The summed E-state index contributed by atoms with van der Waals surface area (Å²) in [4.78, 5) is 33.4. The molecule has 2 amide bonds. The van der Waals surface area contributed by atoms with E-state index in [9.17, 15) is 9.59 Å². The number of benzene rings is 2. The van der Waals surface area contributed by atoms with E-state index in [2.05, 4.69) is 10.2 Å². The first-order chi connectivity index (χ1) is 16.0. The van der Waals surface area contributed by atoms with Crippen molar-refractivity contribution in [3.05, 3.63) is 76.6 Å². The smallest absolute Gasteiger partial charge is 0.282 e. The molecule has 0 saturated carbocycles. The average Bonchev–Trinajstić information content (AvgIpc) is 3.57. The van der Waals surface area contributed by atoms with Crippen molar-refractivity contribution in [2.45, 2.75) is 12.8 Å². The summed E-state index contributed by atoms with van der Waals surface area (Å²) in [5.41, 5.74) is 4.25. The number of amides is 2. The topological polar surface area (TPSA) is 55.9 Å². The molecule has 0 unspecified atom stereocenters. The molecule has 1 aromatic heterocycles. The number of hydrogen-bond acceptors (Lipinski definition) is 6. The summed E-state index contributed by atoms with van der Waals surface area (Å²) in [6, 6.07) is 19.3. The van der Waals surface area contributed by atoms with Crippen LogP contribution >= 0.6 is 11.3 Å². The van der Waals surface area contributed by atoms with Gasteiger partial charge in [-0.15, -0.1) is 11.3 Å². The zero-order valence-corrected chi connectivity index (χ0v) is 19.6. The molecule has 0 spiro atoms. The molecule has 2 aliphatic rings. The third-order valence-corrected chi connectivity index (χ3v) is 6.97. The molecule has 1 N–H and O–H groups in total. The molecule has 0 aliphatic carbocycles. The van der Waals surface area contributed by atoms with Gasteiger partial charge in [0.05, 0.1) is 11.3 Å². The molecule has 5 rings (SSSR count). The van der Waals surface area contributed by atoms with E-state index < -0.39 is 0 Å². The van der Waals surface area contributed by atoms with Gasteiger partial charge in [0.25, 0.3) is 11.8 Å². The molecule has 6 nitrogen and oxygen atoms in total. The number of nitrogens with one attached hydrogen (secondary N) is 1. The molecule has 3 heterocycles. The normalized spacial score (nSPS) is 16.2. The largest absolute Gasteiger partial charge is 0.378 e. The van der Waals surface area contributed by atoms with Gasteiger partial charge in [-0.1, -0.05) is 6.07 Å². The molecule has 33 heavy (non-hydrogen) atoms. The van der Waals surface area contributed by atoms with Crippen molar-refractivity contribution < 1.29 is 9.59 Å². The van der Waals surface area contributed by atoms with Gasteiger partial charge >= 0.3 is 0 Å². The summed E-state index contributed by atoms with van der Waals surface area (Å²) < 4.78 is 0. The molecule has 0 radical (unpaired) electrons. The maximum absolute atomic E-state index is 13.5. The second kappa shape index (κ2) is 8.75. The Hall–Kier alpha value is -3.58. The van der Waals surface area contributed by atoms with Gasteiger partial charge in [0.1, 0.15) is 5.70 Å². The average molecular weight is 459 g/mol. The Labute approximate surface area is 197 Å². The van der Waals surface area contributed by atoms with E-state index in [4.69, 9.17) is 0 Å². The van der Waals surface area contributed by atoms with Gasteiger partial charge < -0.3 is 15.1 Å². The summed E-state index contributed by atoms with van der Waals surface area (Å²) in [7, 11) is 3.96. The number of rotatable bonds is 6. The lowest BCUT2D eigenvalue weighted by atomic mass is 10.1. The van der Waals surface area contributed by atoms with Crippen molar-refractivity contribution in [1.82, 2.24) is 0 Å². The van der Waals surface area contributed by atoms with Gasteiger partial charge in [0, 0.05) is 49.1 Å². The minimum Gasteiger partial charge on any atom is -0.378 e. The number of imide groups is 1. The van der Waals surface area contributed by atoms with Crippen LogP contribution in [0.5, 0.6) is 0 Å². The fourth-order valence-electron chi connectivity index (χ4n) is 4.30. The van der Waals surface area contributed by atoms with E-state index in [1.54, 1.807) is 0 Å². The minimum atomic E-state index is -0.339. The minimum absolute atomic E-state index is 0.302. The third-order valence-electron chi connectivity index (χ3n) is 6.08. The first-order valence-electron chi connectivity index (χ1n) is 11.1. The zero-order valence-electron chi connectivity index (χ0n) is 18.7. The quantitative estimate of drug-likeness (QED) is 0.537. The number of nitrogens with zero attached hydrogens (tertiary/aromatic N) is 3. The van der Waals surface area contributed by atoms with E-state index in [1.165, 1.54) is 29.1 Å². The van der Waals surface area contributed by atoms with Crippen LogP contribution in [0.4, 0.5) is 22.7 Å². The molecule has 0 bridgehead atoms. The predicted octanol–water partition coefficient (Wildman–Crippen LogP) is 4.81. The van der Waals surface area contributed by atoms with Crippen molar-refractivity contribution in [2.24, 2.45) is 0 Å². The summed E-state index contributed by atoms with van der Waals surface area (Å²) in [6.45, 7) is 2.09. The van der Waals surface area contributed by atoms with Gasteiger partial charge in [-0.05, 0) is 72.8 Å². The maximum Gasteiger partial charge on any atom is 0.282 e. The fraction of sp³-hybridized carbons (Fsp3) is 0.231. The van der Waals surface area contributed by atoms with Gasteiger partial charge in [-0.3, -0.25) is 9.59 Å². The third kappa shape index (κ3) is 4.00. The first kappa shape index (κ1) is 21.3. The van der Waals surface area contributed by atoms with Gasteiger partial charge in [-0.2, -0.15) is 0 Å². The number of hydrogen-bond donors (Lipinski definition) is 1. The van der Waals surface area contributed by atoms with Crippen molar-refractivity contribution in [3.8, 4) is 0 Å². The van der Waals surface area contributed by atoms with E-state index in [-0.39, 0.29) is 11.8 Å². The molecule has 3 aromatic rings. The fourth-order valence-corrected chi connectivity index (χ4v) is 5.07. The van der Waals surface area contributed by atoms with Crippen LogP contribution < -0.4 is 20.0 Å². The molecular weight excluding hydrogens is 432 g/mol. The maximum atomic E-state index is 13.5. The second-order valence-corrected chi connectivity index (χ2v) is 9.40. The molecule has 1 saturated heterocycles. The predicted molar refractivity (Wildman–Crippen MR) is 136 cm³/mol. The summed E-state index contributed by atoms with van der Waals surface area (Å²) in [6.07, 6.45) is 2.40. The first-order valence-corrected chi connectivity index (χ1v) is 12.0. The van der Waals surface area contributed by atoms with Crippen molar-refractivity contribution in [2.75, 3.05) is 47.2 Å². The van der Waals surface area contributed by atoms with E-state index in [0.29, 0.717) is 17.0 Å². The van der Waals surface area contributed by atoms with Crippen molar-refractivity contribution in [3.63, 3.8) is 0 Å². The molecule has 0 atom stereocenters.